The molecule has 0 spiro atoms. The lowest BCUT2D eigenvalue weighted by molar-refractivity contribution is -0.113. The van der Waals surface area contributed by atoms with E-state index in [-0.39, 0.29) is 35.4 Å². The monoisotopic (exact) mass is 490 g/mol. The second-order valence-electron chi connectivity index (χ2n) is 8.16. The zero-order valence-corrected chi connectivity index (χ0v) is 20.1. The van der Waals surface area contributed by atoms with Crippen molar-refractivity contribution >= 4 is 35.4 Å². The standard InChI is InChI=1S/C27H26N2O5S/c1-17-7-6-12-23(25(17)26(31)32)29-24(30)16-35-14-13-28-27(33)34-15-22-20-10-4-2-8-18(20)19-9-3-5-11-21(19)22/h2-12,22H,13-16H2,1H3,(H,28,33)(H,29,30)(H,31,32). The summed E-state index contributed by atoms with van der Waals surface area (Å²) in [5, 5.41) is 14.7. The van der Waals surface area contributed by atoms with Gasteiger partial charge >= 0.3 is 12.1 Å². The molecule has 0 fully saturated rings. The number of carbonyl (C=O) groups is 3. The van der Waals surface area contributed by atoms with Crippen LogP contribution in [0.2, 0.25) is 0 Å². The molecule has 0 aromatic heterocycles. The van der Waals surface area contributed by atoms with Crippen molar-refractivity contribution in [2.45, 2.75) is 12.8 Å². The van der Waals surface area contributed by atoms with E-state index in [1.54, 1.807) is 25.1 Å². The number of anilines is 1. The van der Waals surface area contributed by atoms with Gasteiger partial charge in [0.1, 0.15) is 6.61 Å². The molecular formula is C27H26N2O5S. The number of amides is 2. The summed E-state index contributed by atoms with van der Waals surface area (Å²) in [7, 11) is 0. The van der Waals surface area contributed by atoms with Gasteiger partial charge in [0.05, 0.1) is 17.0 Å². The summed E-state index contributed by atoms with van der Waals surface area (Å²) in [4.78, 5) is 35.9. The van der Waals surface area contributed by atoms with Crippen LogP contribution in [0, 0.1) is 6.92 Å². The maximum absolute atomic E-state index is 12.2. The fraction of sp³-hybridized carbons (Fsp3) is 0.222. The van der Waals surface area contributed by atoms with Crippen LogP contribution in [0.1, 0.15) is 33.0 Å². The molecule has 7 nitrogen and oxygen atoms in total. The van der Waals surface area contributed by atoms with Crippen molar-refractivity contribution in [2.24, 2.45) is 0 Å². The highest BCUT2D eigenvalue weighted by Crippen LogP contribution is 2.44. The highest BCUT2D eigenvalue weighted by molar-refractivity contribution is 7.99. The van der Waals surface area contributed by atoms with E-state index in [1.165, 1.54) is 22.9 Å². The number of aromatic carboxylic acids is 1. The summed E-state index contributed by atoms with van der Waals surface area (Å²) in [6.45, 7) is 2.28. The zero-order chi connectivity index (χ0) is 24.8. The molecule has 180 valence electrons. The topological polar surface area (TPSA) is 105 Å². The van der Waals surface area contributed by atoms with Crippen LogP contribution in [0.15, 0.2) is 66.7 Å². The Hall–Kier alpha value is -3.78. The molecule has 1 aliphatic carbocycles. The van der Waals surface area contributed by atoms with Crippen LogP contribution in [0.25, 0.3) is 11.1 Å². The third kappa shape index (κ3) is 5.66. The fourth-order valence-corrected chi connectivity index (χ4v) is 4.93. The maximum Gasteiger partial charge on any atom is 0.407 e. The Morgan fingerprint density at radius 1 is 0.943 bits per heavy atom. The Morgan fingerprint density at radius 3 is 2.26 bits per heavy atom. The summed E-state index contributed by atoms with van der Waals surface area (Å²) in [6, 6.07) is 21.3. The number of carboxylic acids is 1. The number of carbonyl (C=O) groups excluding carboxylic acids is 2. The maximum atomic E-state index is 12.2. The number of ether oxygens (including phenoxy) is 1. The number of hydrogen-bond acceptors (Lipinski definition) is 5. The van der Waals surface area contributed by atoms with Crippen LogP contribution in [0.5, 0.6) is 0 Å². The second kappa shape index (κ2) is 11.1. The van der Waals surface area contributed by atoms with E-state index in [9.17, 15) is 19.5 Å². The summed E-state index contributed by atoms with van der Waals surface area (Å²) < 4.78 is 5.50. The van der Waals surface area contributed by atoms with Crippen LogP contribution < -0.4 is 10.6 Å². The number of aryl methyl sites for hydroxylation is 1. The molecule has 0 radical (unpaired) electrons. The fourth-order valence-electron chi connectivity index (χ4n) is 4.28. The number of rotatable bonds is 9. The normalized spacial score (nSPS) is 11.9. The Morgan fingerprint density at radius 2 is 1.60 bits per heavy atom. The third-order valence-electron chi connectivity index (χ3n) is 5.85. The molecule has 0 atom stereocenters. The minimum Gasteiger partial charge on any atom is -0.478 e. The molecule has 3 N–H and O–H groups in total. The smallest absolute Gasteiger partial charge is 0.407 e. The molecule has 0 saturated heterocycles. The lowest BCUT2D eigenvalue weighted by Gasteiger charge is -2.14. The zero-order valence-electron chi connectivity index (χ0n) is 19.2. The van der Waals surface area contributed by atoms with Crippen LogP contribution in [0.3, 0.4) is 0 Å². The average molecular weight is 491 g/mol. The average Bonchev–Trinajstić information content (AvgIpc) is 3.16. The van der Waals surface area contributed by atoms with Crippen molar-refractivity contribution in [3.05, 3.63) is 89.0 Å². The van der Waals surface area contributed by atoms with E-state index < -0.39 is 12.1 Å². The van der Waals surface area contributed by atoms with Crippen molar-refractivity contribution in [1.82, 2.24) is 5.32 Å². The first-order valence-electron chi connectivity index (χ1n) is 11.2. The number of hydrogen-bond donors (Lipinski definition) is 3. The molecule has 4 rings (SSSR count). The van der Waals surface area contributed by atoms with Gasteiger partial charge in [-0.2, -0.15) is 11.8 Å². The van der Waals surface area contributed by atoms with E-state index in [1.807, 2.05) is 24.3 Å². The molecule has 3 aromatic rings. The minimum atomic E-state index is -1.08. The number of nitrogens with one attached hydrogen (secondary N) is 2. The van der Waals surface area contributed by atoms with Crippen molar-refractivity contribution in [1.29, 1.82) is 0 Å². The van der Waals surface area contributed by atoms with E-state index >= 15 is 0 Å². The Kier molecular flexibility index (Phi) is 7.72. The lowest BCUT2D eigenvalue weighted by atomic mass is 9.98. The molecule has 3 aromatic carbocycles. The Balaban J connectivity index is 1.19. The van der Waals surface area contributed by atoms with Gasteiger partial charge in [-0.25, -0.2) is 9.59 Å². The number of fused-ring (bicyclic) bond motifs is 3. The number of carboxylic acid groups (broad SMARTS) is 1. The van der Waals surface area contributed by atoms with E-state index in [0.29, 0.717) is 17.9 Å². The molecule has 35 heavy (non-hydrogen) atoms. The van der Waals surface area contributed by atoms with Crippen LogP contribution >= 0.6 is 11.8 Å². The SMILES string of the molecule is Cc1cccc(NC(=O)CSCCNC(=O)OCC2c3ccccc3-c3ccccc32)c1C(=O)O. The Labute approximate surface area is 207 Å². The van der Waals surface area contributed by atoms with Gasteiger partial charge in [-0.3, -0.25) is 4.79 Å². The minimum absolute atomic E-state index is 0.00328. The largest absolute Gasteiger partial charge is 0.478 e. The van der Waals surface area contributed by atoms with Gasteiger partial charge in [-0.15, -0.1) is 0 Å². The predicted molar refractivity (Wildman–Crippen MR) is 137 cm³/mol. The molecular weight excluding hydrogens is 464 g/mol. The van der Waals surface area contributed by atoms with E-state index in [4.69, 9.17) is 4.74 Å². The first-order valence-corrected chi connectivity index (χ1v) is 12.4. The predicted octanol–water partition coefficient (Wildman–Crippen LogP) is 4.90. The molecule has 0 heterocycles. The molecule has 8 heteroatoms. The van der Waals surface area contributed by atoms with E-state index in [2.05, 4.69) is 34.9 Å². The van der Waals surface area contributed by atoms with Gasteiger partial charge in [0.2, 0.25) is 5.91 Å². The summed E-state index contributed by atoms with van der Waals surface area (Å²) >= 11 is 1.34. The van der Waals surface area contributed by atoms with Crippen LogP contribution in [0.4, 0.5) is 10.5 Å². The highest BCUT2D eigenvalue weighted by Gasteiger charge is 2.28. The molecule has 0 bridgehead atoms. The van der Waals surface area contributed by atoms with Gasteiger partial charge in [-0.1, -0.05) is 60.7 Å². The summed E-state index contributed by atoms with van der Waals surface area (Å²) in [5.74, 6) is -0.734. The molecule has 2 amide bonds. The van der Waals surface area contributed by atoms with Gasteiger partial charge in [-0.05, 0) is 40.8 Å². The van der Waals surface area contributed by atoms with Gasteiger partial charge in [0, 0.05) is 18.2 Å². The Bertz CT molecular complexity index is 1210. The number of alkyl carbamates (subject to hydrolysis) is 1. The highest BCUT2D eigenvalue weighted by atomic mass is 32.2. The lowest BCUT2D eigenvalue weighted by Crippen LogP contribution is -2.28. The van der Waals surface area contributed by atoms with Crippen molar-refractivity contribution in [3.8, 4) is 11.1 Å². The van der Waals surface area contributed by atoms with Gasteiger partial charge < -0.3 is 20.5 Å². The quantitative estimate of drug-likeness (QED) is 0.369. The second-order valence-corrected chi connectivity index (χ2v) is 9.26. The molecule has 0 aliphatic heterocycles. The van der Waals surface area contributed by atoms with Crippen molar-refractivity contribution in [2.75, 3.05) is 30.0 Å². The summed E-state index contributed by atoms with van der Waals surface area (Å²) in [6.07, 6.45) is -0.497. The molecule has 0 unspecified atom stereocenters. The first-order chi connectivity index (χ1) is 17.0. The third-order valence-corrected chi connectivity index (χ3v) is 6.81. The number of thioether (sulfide) groups is 1. The van der Waals surface area contributed by atoms with Crippen LogP contribution in [-0.2, 0) is 9.53 Å². The van der Waals surface area contributed by atoms with Crippen molar-refractivity contribution < 1.29 is 24.2 Å². The van der Waals surface area contributed by atoms with E-state index in [0.717, 1.165) is 11.1 Å². The van der Waals surface area contributed by atoms with Gasteiger partial charge in [0.15, 0.2) is 0 Å². The number of benzene rings is 3. The molecule has 0 saturated carbocycles. The van der Waals surface area contributed by atoms with Gasteiger partial charge in [0.25, 0.3) is 0 Å². The summed E-state index contributed by atoms with van der Waals surface area (Å²) in [5.41, 5.74) is 5.60. The first kappa shape index (κ1) is 24.3. The molecule has 1 aliphatic rings. The van der Waals surface area contributed by atoms with Crippen molar-refractivity contribution in [3.63, 3.8) is 0 Å². The van der Waals surface area contributed by atoms with Crippen LogP contribution in [-0.4, -0.2) is 47.7 Å².